The maximum atomic E-state index is 12.4. The Hall–Kier alpha value is -2.91. The highest BCUT2D eigenvalue weighted by molar-refractivity contribution is 8.26. The standard InChI is InChI=1S/C18H13NO6S2/c1-9(16(21)22)19-15(20)14(27-18(19)26)8-12-5-6-13(25-12)10-3-2-4-11(7-10)17(23)24/h2-9H,1H3,(H,21,22)(H,23,24)/b14-8-. The molecular formula is C18H13NO6S2. The molecule has 3 rings (SSSR count). The maximum absolute atomic E-state index is 12.4. The fraction of sp³-hybridized carbons (Fsp3) is 0.111. The van der Waals surface area contributed by atoms with E-state index in [0.717, 1.165) is 16.7 Å². The monoisotopic (exact) mass is 403 g/mol. The molecule has 2 N–H and O–H groups in total. The molecule has 7 nitrogen and oxygen atoms in total. The van der Waals surface area contributed by atoms with E-state index in [1.807, 2.05) is 0 Å². The van der Waals surface area contributed by atoms with E-state index in [1.165, 1.54) is 25.1 Å². The van der Waals surface area contributed by atoms with E-state index in [9.17, 15) is 14.4 Å². The Morgan fingerprint density at radius 2 is 2.00 bits per heavy atom. The van der Waals surface area contributed by atoms with E-state index in [-0.39, 0.29) is 14.8 Å². The highest BCUT2D eigenvalue weighted by Gasteiger charge is 2.38. The molecule has 1 fully saturated rings. The summed E-state index contributed by atoms with van der Waals surface area (Å²) in [5, 5.41) is 18.2. The maximum Gasteiger partial charge on any atom is 0.335 e. The molecule has 1 aromatic carbocycles. The summed E-state index contributed by atoms with van der Waals surface area (Å²) < 4.78 is 5.85. The largest absolute Gasteiger partial charge is 0.480 e. The first-order chi connectivity index (χ1) is 12.8. The van der Waals surface area contributed by atoms with Gasteiger partial charge < -0.3 is 14.6 Å². The van der Waals surface area contributed by atoms with Crippen LogP contribution in [-0.2, 0) is 9.59 Å². The number of rotatable bonds is 5. The van der Waals surface area contributed by atoms with Crippen LogP contribution < -0.4 is 0 Å². The molecule has 0 radical (unpaired) electrons. The van der Waals surface area contributed by atoms with Crippen molar-refractivity contribution < 1.29 is 29.0 Å². The molecule has 27 heavy (non-hydrogen) atoms. The average molecular weight is 403 g/mol. The predicted octanol–water partition coefficient (Wildman–Crippen LogP) is 3.32. The van der Waals surface area contributed by atoms with Crippen LogP contribution in [0.4, 0.5) is 0 Å². The minimum atomic E-state index is -1.15. The predicted molar refractivity (Wildman–Crippen MR) is 103 cm³/mol. The number of hydrogen-bond acceptors (Lipinski definition) is 6. The number of furan rings is 1. The summed E-state index contributed by atoms with van der Waals surface area (Å²) in [6, 6.07) is 8.52. The van der Waals surface area contributed by atoms with Gasteiger partial charge in [-0.2, -0.15) is 0 Å². The molecule has 1 aliphatic heterocycles. The average Bonchev–Trinajstić information content (AvgIpc) is 3.19. The molecule has 0 aliphatic carbocycles. The Morgan fingerprint density at radius 3 is 2.67 bits per heavy atom. The fourth-order valence-corrected chi connectivity index (χ4v) is 3.84. The number of aromatic carboxylic acids is 1. The Bertz CT molecular complexity index is 993. The minimum absolute atomic E-state index is 0.133. The number of amides is 1. The first-order valence-electron chi connectivity index (χ1n) is 7.71. The van der Waals surface area contributed by atoms with Crippen molar-refractivity contribution in [1.82, 2.24) is 4.90 Å². The number of thioether (sulfide) groups is 1. The van der Waals surface area contributed by atoms with E-state index in [4.69, 9.17) is 26.8 Å². The molecule has 1 aliphatic rings. The third-order valence-corrected chi connectivity index (χ3v) is 5.19. The van der Waals surface area contributed by atoms with Crippen molar-refractivity contribution in [2.75, 3.05) is 0 Å². The van der Waals surface area contributed by atoms with E-state index >= 15 is 0 Å². The molecular weight excluding hydrogens is 390 g/mol. The molecule has 1 amide bonds. The van der Waals surface area contributed by atoms with Crippen molar-refractivity contribution >= 4 is 52.2 Å². The number of carbonyl (C=O) groups is 3. The van der Waals surface area contributed by atoms with Gasteiger partial charge in [-0.3, -0.25) is 9.69 Å². The second-order valence-electron chi connectivity index (χ2n) is 5.65. The van der Waals surface area contributed by atoms with Gasteiger partial charge in [-0.05, 0) is 31.2 Å². The zero-order valence-corrected chi connectivity index (χ0v) is 15.5. The van der Waals surface area contributed by atoms with Gasteiger partial charge in [-0.1, -0.05) is 36.1 Å². The lowest BCUT2D eigenvalue weighted by Crippen LogP contribution is -2.41. The lowest BCUT2D eigenvalue weighted by molar-refractivity contribution is -0.144. The van der Waals surface area contributed by atoms with Crippen molar-refractivity contribution in [1.29, 1.82) is 0 Å². The smallest absolute Gasteiger partial charge is 0.335 e. The Morgan fingerprint density at radius 1 is 1.26 bits per heavy atom. The van der Waals surface area contributed by atoms with Gasteiger partial charge in [-0.25, -0.2) is 9.59 Å². The number of carbonyl (C=O) groups excluding carboxylic acids is 1. The van der Waals surface area contributed by atoms with Gasteiger partial charge in [0.25, 0.3) is 5.91 Å². The molecule has 1 saturated heterocycles. The fourth-order valence-electron chi connectivity index (χ4n) is 2.44. The van der Waals surface area contributed by atoms with Gasteiger partial charge in [-0.15, -0.1) is 0 Å². The summed E-state index contributed by atoms with van der Waals surface area (Å²) in [7, 11) is 0. The number of carboxylic acid groups (broad SMARTS) is 2. The van der Waals surface area contributed by atoms with Crippen LogP contribution in [0, 0.1) is 0 Å². The number of benzene rings is 1. The normalized spacial score (nSPS) is 16.8. The summed E-state index contributed by atoms with van der Waals surface area (Å²) in [6.45, 7) is 1.39. The van der Waals surface area contributed by atoms with Gasteiger partial charge in [0.2, 0.25) is 0 Å². The molecule has 0 saturated carbocycles. The van der Waals surface area contributed by atoms with Crippen LogP contribution in [0.15, 0.2) is 45.7 Å². The van der Waals surface area contributed by atoms with E-state index in [1.54, 1.807) is 24.3 Å². The van der Waals surface area contributed by atoms with Crippen LogP contribution in [0.2, 0.25) is 0 Å². The summed E-state index contributed by atoms with van der Waals surface area (Å²) in [5.74, 6) is -1.87. The van der Waals surface area contributed by atoms with Crippen LogP contribution in [0.3, 0.4) is 0 Å². The molecule has 0 bridgehead atoms. The molecule has 0 spiro atoms. The highest BCUT2D eigenvalue weighted by atomic mass is 32.2. The van der Waals surface area contributed by atoms with Crippen molar-refractivity contribution in [3.05, 3.63) is 52.6 Å². The second-order valence-corrected chi connectivity index (χ2v) is 7.33. The molecule has 1 atom stereocenters. The van der Waals surface area contributed by atoms with Crippen LogP contribution in [-0.4, -0.2) is 43.3 Å². The topological polar surface area (TPSA) is 108 Å². The molecule has 138 valence electrons. The quantitative estimate of drug-likeness (QED) is 0.578. The SMILES string of the molecule is CC(C(=O)O)N1C(=O)/C(=C/c2ccc(-c3cccc(C(=O)O)c3)o2)SC1=S. The first kappa shape index (κ1) is 18.9. The van der Waals surface area contributed by atoms with Crippen molar-refractivity contribution in [3.63, 3.8) is 0 Å². The molecule has 9 heteroatoms. The summed E-state index contributed by atoms with van der Waals surface area (Å²) in [5.41, 5.74) is 0.718. The molecule has 2 heterocycles. The number of hydrogen-bond donors (Lipinski definition) is 2. The van der Waals surface area contributed by atoms with Crippen LogP contribution in [0.5, 0.6) is 0 Å². The van der Waals surface area contributed by atoms with Crippen LogP contribution in [0.25, 0.3) is 17.4 Å². The molecule has 2 aromatic rings. The summed E-state index contributed by atoms with van der Waals surface area (Å²) in [6.07, 6.45) is 1.48. The number of thiocarbonyl (C=S) groups is 1. The summed E-state index contributed by atoms with van der Waals surface area (Å²) >= 11 is 6.11. The van der Waals surface area contributed by atoms with Crippen molar-refractivity contribution in [2.24, 2.45) is 0 Å². The Balaban J connectivity index is 1.86. The lowest BCUT2D eigenvalue weighted by Gasteiger charge is -2.18. The Labute approximate surface area is 163 Å². The lowest BCUT2D eigenvalue weighted by atomic mass is 10.1. The van der Waals surface area contributed by atoms with Crippen molar-refractivity contribution in [2.45, 2.75) is 13.0 Å². The highest BCUT2D eigenvalue weighted by Crippen LogP contribution is 2.35. The third kappa shape index (κ3) is 3.79. The molecule has 1 unspecified atom stereocenters. The van der Waals surface area contributed by atoms with Crippen LogP contribution >= 0.6 is 24.0 Å². The van der Waals surface area contributed by atoms with Gasteiger partial charge in [0.15, 0.2) is 0 Å². The van der Waals surface area contributed by atoms with E-state index in [0.29, 0.717) is 17.1 Å². The van der Waals surface area contributed by atoms with Crippen molar-refractivity contribution in [3.8, 4) is 11.3 Å². The molecule has 1 aromatic heterocycles. The van der Waals surface area contributed by atoms with Gasteiger partial charge in [0.05, 0.1) is 10.5 Å². The van der Waals surface area contributed by atoms with Gasteiger partial charge in [0, 0.05) is 11.6 Å². The number of aliphatic carboxylic acids is 1. The Kier molecular flexibility index (Phi) is 5.15. The zero-order chi connectivity index (χ0) is 19.7. The second kappa shape index (κ2) is 7.37. The van der Waals surface area contributed by atoms with Crippen LogP contribution in [0.1, 0.15) is 23.0 Å². The zero-order valence-electron chi connectivity index (χ0n) is 13.9. The third-order valence-electron chi connectivity index (χ3n) is 3.86. The summed E-state index contributed by atoms with van der Waals surface area (Å²) in [4.78, 5) is 36.0. The van der Waals surface area contributed by atoms with Gasteiger partial charge >= 0.3 is 11.9 Å². The number of carboxylic acids is 2. The van der Waals surface area contributed by atoms with E-state index < -0.39 is 23.9 Å². The number of nitrogens with zero attached hydrogens (tertiary/aromatic N) is 1. The van der Waals surface area contributed by atoms with Gasteiger partial charge in [0.1, 0.15) is 21.9 Å². The van der Waals surface area contributed by atoms with E-state index in [2.05, 4.69) is 0 Å². The first-order valence-corrected chi connectivity index (χ1v) is 8.94. The minimum Gasteiger partial charge on any atom is -0.480 e.